The molecule has 30 heavy (non-hydrogen) atoms. The summed E-state index contributed by atoms with van der Waals surface area (Å²) in [5.41, 5.74) is 3.09. The number of hydrogen-bond acceptors (Lipinski definition) is 6. The van der Waals surface area contributed by atoms with Crippen molar-refractivity contribution in [3.63, 3.8) is 0 Å². The van der Waals surface area contributed by atoms with Crippen molar-refractivity contribution in [2.75, 3.05) is 31.5 Å². The number of methoxy groups -OCH3 is 1. The van der Waals surface area contributed by atoms with Crippen molar-refractivity contribution in [2.24, 2.45) is 0 Å². The third-order valence-electron chi connectivity index (χ3n) is 5.35. The molecule has 1 aromatic rings. The molecule has 1 fully saturated rings. The number of sulfonamides is 1. The fourth-order valence-corrected chi connectivity index (χ4v) is 4.78. The van der Waals surface area contributed by atoms with Gasteiger partial charge in [-0.25, -0.2) is 13.4 Å². The Kier molecular flexibility index (Phi) is 7.69. The van der Waals surface area contributed by atoms with Gasteiger partial charge in [-0.1, -0.05) is 18.7 Å². The molecule has 2 aliphatic heterocycles. The van der Waals surface area contributed by atoms with E-state index in [1.165, 1.54) is 7.11 Å². The van der Waals surface area contributed by atoms with Gasteiger partial charge in [0.15, 0.2) is 0 Å². The molecule has 0 bridgehead atoms. The van der Waals surface area contributed by atoms with E-state index in [4.69, 9.17) is 9.47 Å². The molecule has 7 nitrogen and oxygen atoms in total. The Bertz CT molecular complexity index is 932. The van der Waals surface area contributed by atoms with Crippen LogP contribution in [-0.4, -0.2) is 46.3 Å². The van der Waals surface area contributed by atoms with Gasteiger partial charge >= 0.3 is 0 Å². The maximum Gasteiger partial charge on any atom is 0.261 e. The Morgan fingerprint density at radius 3 is 2.83 bits per heavy atom. The van der Waals surface area contributed by atoms with E-state index in [0.717, 1.165) is 62.0 Å². The van der Waals surface area contributed by atoms with Crippen LogP contribution in [0.1, 0.15) is 37.4 Å². The standard InChI is InChI=1S/C22H31N3O4S/c1-4-18(9-8-16(2)21-7-5-6-14-29-21)30(26,27)25-20-15-17-10-12-23-13-11-19(17)24-22(20)28-3/h4,8-9,15,21,23,25H,2,5-7,10-14H2,1,3H3/b9-8-,18-4+/t21-/m1/s1. The summed E-state index contributed by atoms with van der Waals surface area (Å²) in [7, 11) is -2.32. The first-order valence-corrected chi connectivity index (χ1v) is 11.9. The van der Waals surface area contributed by atoms with Gasteiger partial charge in [0.1, 0.15) is 5.69 Å². The van der Waals surface area contributed by atoms with Crippen LogP contribution in [0.2, 0.25) is 0 Å². The van der Waals surface area contributed by atoms with Crippen molar-refractivity contribution in [3.05, 3.63) is 52.6 Å². The smallest absolute Gasteiger partial charge is 0.261 e. The van der Waals surface area contributed by atoms with E-state index in [0.29, 0.717) is 12.3 Å². The molecule has 0 amide bonds. The fourth-order valence-electron chi connectivity index (χ4n) is 3.66. The van der Waals surface area contributed by atoms with Gasteiger partial charge in [0.25, 0.3) is 10.0 Å². The average molecular weight is 434 g/mol. The zero-order valence-electron chi connectivity index (χ0n) is 17.7. The van der Waals surface area contributed by atoms with Crippen molar-refractivity contribution >= 4 is 15.7 Å². The van der Waals surface area contributed by atoms with E-state index < -0.39 is 10.0 Å². The summed E-state index contributed by atoms with van der Waals surface area (Å²) in [6.07, 6.45) is 9.43. The van der Waals surface area contributed by atoms with E-state index in [1.807, 2.05) is 6.07 Å². The Morgan fingerprint density at radius 2 is 2.13 bits per heavy atom. The lowest BCUT2D eigenvalue weighted by Crippen LogP contribution is -2.20. The van der Waals surface area contributed by atoms with Crippen LogP contribution in [-0.2, 0) is 27.6 Å². The first-order valence-electron chi connectivity index (χ1n) is 10.4. The van der Waals surface area contributed by atoms with Crippen LogP contribution in [0.25, 0.3) is 0 Å². The molecule has 0 aliphatic carbocycles. The third-order valence-corrected chi connectivity index (χ3v) is 6.83. The molecule has 1 aromatic heterocycles. The molecule has 0 spiro atoms. The second-order valence-electron chi connectivity index (χ2n) is 7.46. The number of pyridine rings is 1. The van der Waals surface area contributed by atoms with Crippen LogP contribution in [0.4, 0.5) is 5.69 Å². The van der Waals surface area contributed by atoms with Crippen molar-refractivity contribution in [1.29, 1.82) is 0 Å². The maximum absolute atomic E-state index is 13.0. The van der Waals surface area contributed by atoms with Gasteiger partial charge in [0.05, 0.1) is 18.1 Å². The number of ether oxygens (including phenoxy) is 2. The normalized spacial score (nSPS) is 20.5. The molecule has 164 valence electrons. The van der Waals surface area contributed by atoms with E-state index in [-0.39, 0.29) is 16.9 Å². The van der Waals surface area contributed by atoms with E-state index in [1.54, 1.807) is 25.2 Å². The summed E-state index contributed by atoms with van der Waals surface area (Å²) >= 11 is 0. The minimum atomic E-state index is -3.81. The van der Waals surface area contributed by atoms with Gasteiger partial charge in [-0.05, 0) is 62.4 Å². The number of rotatable bonds is 7. The molecule has 2 aliphatic rings. The lowest BCUT2D eigenvalue weighted by Gasteiger charge is -2.23. The van der Waals surface area contributed by atoms with Gasteiger partial charge in [0, 0.05) is 25.3 Å². The number of hydrogen-bond donors (Lipinski definition) is 2. The second kappa shape index (κ2) is 10.2. The molecule has 8 heteroatoms. The number of fused-ring (bicyclic) bond motifs is 1. The SMILES string of the molecule is C=C(/C=C\C(=C/C)S(=O)(=O)Nc1cc2c(nc1OC)CCNCC2)[C@H]1CCCCO1. The summed E-state index contributed by atoms with van der Waals surface area (Å²) < 4.78 is 39.8. The van der Waals surface area contributed by atoms with Crippen LogP contribution < -0.4 is 14.8 Å². The highest BCUT2D eigenvalue weighted by atomic mass is 32.2. The van der Waals surface area contributed by atoms with E-state index >= 15 is 0 Å². The van der Waals surface area contributed by atoms with Crippen LogP contribution >= 0.6 is 0 Å². The monoisotopic (exact) mass is 433 g/mol. The molecule has 2 N–H and O–H groups in total. The largest absolute Gasteiger partial charge is 0.479 e. The predicted molar refractivity (Wildman–Crippen MR) is 119 cm³/mol. The quantitative estimate of drug-likeness (QED) is 0.643. The number of anilines is 1. The zero-order valence-corrected chi connectivity index (χ0v) is 18.6. The van der Waals surface area contributed by atoms with Crippen molar-refractivity contribution in [1.82, 2.24) is 10.3 Å². The molecular weight excluding hydrogens is 402 g/mol. The number of nitrogens with zero attached hydrogens (tertiary/aromatic N) is 1. The molecule has 0 unspecified atom stereocenters. The average Bonchev–Trinajstić information content (AvgIpc) is 2.98. The molecule has 3 heterocycles. The molecular formula is C22H31N3O4S. The Labute approximate surface area is 179 Å². The van der Waals surface area contributed by atoms with Crippen LogP contribution in [0.5, 0.6) is 5.88 Å². The van der Waals surface area contributed by atoms with Gasteiger partial charge in [-0.3, -0.25) is 4.72 Å². The Balaban J connectivity index is 1.79. The lowest BCUT2D eigenvalue weighted by molar-refractivity contribution is 0.0417. The summed E-state index contributed by atoms with van der Waals surface area (Å²) in [4.78, 5) is 4.69. The lowest BCUT2D eigenvalue weighted by atomic mass is 10.0. The predicted octanol–water partition coefficient (Wildman–Crippen LogP) is 3.11. The van der Waals surface area contributed by atoms with E-state index in [2.05, 4.69) is 21.6 Å². The minimum Gasteiger partial charge on any atom is -0.479 e. The van der Waals surface area contributed by atoms with Crippen molar-refractivity contribution in [2.45, 2.75) is 45.1 Å². The minimum absolute atomic E-state index is 0.0498. The highest BCUT2D eigenvalue weighted by molar-refractivity contribution is 7.96. The maximum atomic E-state index is 13.0. The number of nitrogens with one attached hydrogen (secondary N) is 2. The molecule has 1 atom stereocenters. The summed E-state index contributed by atoms with van der Waals surface area (Å²) in [5.74, 6) is 0.277. The van der Waals surface area contributed by atoms with E-state index in [9.17, 15) is 8.42 Å². The summed E-state index contributed by atoms with van der Waals surface area (Å²) in [6, 6.07) is 1.83. The second-order valence-corrected chi connectivity index (χ2v) is 9.14. The van der Waals surface area contributed by atoms with Gasteiger partial charge in [0.2, 0.25) is 5.88 Å². The van der Waals surface area contributed by atoms with Crippen LogP contribution in [0, 0.1) is 0 Å². The summed E-state index contributed by atoms with van der Waals surface area (Å²) in [5, 5.41) is 3.32. The Morgan fingerprint density at radius 1 is 1.33 bits per heavy atom. The molecule has 0 saturated carbocycles. The molecule has 1 saturated heterocycles. The van der Waals surface area contributed by atoms with Gasteiger partial charge in [-0.15, -0.1) is 0 Å². The summed E-state index contributed by atoms with van der Waals surface area (Å²) in [6.45, 7) is 8.13. The Hall–Kier alpha value is -2.16. The highest BCUT2D eigenvalue weighted by Gasteiger charge is 2.21. The molecule has 0 radical (unpaired) electrons. The number of aromatic nitrogens is 1. The van der Waals surface area contributed by atoms with Crippen LogP contribution in [0.3, 0.4) is 0 Å². The third kappa shape index (κ3) is 5.50. The number of allylic oxidation sites excluding steroid dienone is 2. The fraction of sp³-hybridized carbons (Fsp3) is 0.500. The zero-order chi connectivity index (χ0) is 21.6. The first kappa shape index (κ1) is 22.5. The first-order chi connectivity index (χ1) is 14.4. The highest BCUT2D eigenvalue weighted by Crippen LogP contribution is 2.29. The van der Waals surface area contributed by atoms with Crippen molar-refractivity contribution in [3.8, 4) is 5.88 Å². The van der Waals surface area contributed by atoms with Crippen LogP contribution in [0.15, 0.2) is 41.4 Å². The molecule has 0 aromatic carbocycles. The molecule has 3 rings (SSSR count). The topological polar surface area (TPSA) is 89.6 Å². The van der Waals surface area contributed by atoms with Crippen molar-refractivity contribution < 1.29 is 17.9 Å². The van der Waals surface area contributed by atoms with Gasteiger partial charge < -0.3 is 14.8 Å². The van der Waals surface area contributed by atoms with Gasteiger partial charge in [-0.2, -0.15) is 0 Å².